The van der Waals surface area contributed by atoms with Crippen molar-refractivity contribution in [2.75, 3.05) is 65.4 Å². The average molecular weight is 763 g/mol. The number of nitrogens with two attached hydrogens (primary N) is 3. The van der Waals surface area contributed by atoms with Gasteiger partial charge in [-0.3, -0.25) is 24.0 Å². The van der Waals surface area contributed by atoms with Crippen molar-refractivity contribution in [1.29, 1.82) is 0 Å². The van der Waals surface area contributed by atoms with Crippen molar-refractivity contribution in [1.82, 2.24) is 24.9 Å². The Labute approximate surface area is 327 Å². The number of nitrogens with zero attached hydrogens (tertiary/aromatic N) is 4. The molecule has 0 heterocycles. The molecule has 5 amide bonds. The zero-order valence-corrected chi connectivity index (χ0v) is 34.1. The van der Waals surface area contributed by atoms with Gasteiger partial charge in [-0.25, -0.2) is 0 Å². The first-order valence-corrected chi connectivity index (χ1v) is 21.7. The van der Waals surface area contributed by atoms with E-state index in [0.717, 1.165) is 83.6 Å². The summed E-state index contributed by atoms with van der Waals surface area (Å²) in [5, 5.41) is 3.34. The highest BCUT2D eigenvalue weighted by Crippen LogP contribution is 2.24. The molecule has 0 aromatic rings. The molecule has 312 valence electrons. The molecule has 13 heteroatoms. The lowest BCUT2D eigenvalue weighted by atomic mass is 9.94. The minimum absolute atomic E-state index is 0.0112. The third-order valence-corrected chi connectivity index (χ3v) is 11.2. The molecule has 2 aliphatic carbocycles. The molecule has 0 atom stereocenters. The molecular weight excluding hydrogens is 685 g/mol. The van der Waals surface area contributed by atoms with Crippen molar-refractivity contribution in [3.05, 3.63) is 0 Å². The number of unbranched alkanes of at least 4 members (excludes halogenated alkanes) is 11. The highest BCUT2D eigenvalue weighted by molar-refractivity contribution is 5.91. The Kier molecular flexibility index (Phi) is 25.9. The average Bonchev–Trinajstić information content (AvgIpc) is 3.17. The van der Waals surface area contributed by atoms with E-state index in [1.807, 2.05) is 0 Å². The van der Waals surface area contributed by atoms with Gasteiger partial charge in [0.25, 0.3) is 0 Å². The van der Waals surface area contributed by atoms with Crippen molar-refractivity contribution in [2.45, 2.75) is 167 Å². The van der Waals surface area contributed by atoms with Gasteiger partial charge in [-0.1, -0.05) is 110 Å². The van der Waals surface area contributed by atoms with Crippen molar-refractivity contribution < 1.29 is 24.0 Å². The molecule has 2 aliphatic rings. The molecule has 0 unspecified atom stereocenters. The van der Waals surface area contributed by atoms with Crippen LogP contribution < -0.4 is 22.5 Å². The van der Waals surface area contributed by atoms with Gasteiger partial charge in [0.15, 0.2) is 0 Å². The maximum absolute atomic E-state index is 14.0. The SMILES string of the molecule is CCCCCCCCCCCCCNCC(=O)N(CC(=O)N(CCCCN)CC(=O)N(CCN)CC(=O)N(CC(N)=O)C1CCCCC1)C1CCCCC1. The summed E-state index contributed by atoms with van der Waals surface area (Å²) in [6, 6.07) is -0.108. The Bertz CT molecular complexity index is 1070. The van der Waals surface area contributed by atoms with Gasteiger partial charge in [0.1, 0.15) is 6.54 Å². The number of nitrogens with one attached hydrogen (secondary N) is 1. The van der Waals surface area contributed by atoms with Crippen LogP contribution in [-0.2, 0) is 24.0 Å². The second-order valence-electron chi connectivity index (χ2n) is 15.7. The summed E-state index contributed by atoms with van der Waals surface area (Å²) in [6.45, 7) is 3.45. The molecule has 7 N–H and O–H groups in total. The summed E-state index contributed by atoms with van der Waals surface area (Å²) in [7, 11) is 0. The Balaban J connectivity index is 2.00. The van der Waals surface area contributed by atoms with Crippen LogP contribution in [0.4, 0.5) is 0 Å². The number of hydrogen-bond acceptors (Lipinski definition) is 8. The van der Waals surface area contributed by atoms with Gasteiger partial charge in [-0.15, -0.1) is 0 Å². The fourth-order valence-electron chi connectivity index (χ4n) is 7.96. The summed E-state index contributed by atoms with van der Waals surface area (Å²) in [4.78, 5) is 73.1. The third-order valence-electron chi connectivity index (χ3n) is 11.2. The molecule has 2 saturated carbocycles. The normalized spacial score (nSPS) is 15.2. The molecule has 0 bridgehead atoms. The predicted molar refractivity (Wildman–Crippen MR) is 216 cm³/mol. The van der Waals surface area contributed by atoms with E-state index in [9.17, 15) is 24.0 Å². The Morgan fingerprint density at radius 2 is 1.00 bits per heavy atom. The van der Waals surface area contributed by atoms with Gasteiger partial charge >= 0.3 is 0 Å². The summed E-state index contributed by atoms with van der Waals surface area (Å²) in [6.07, 6.45) is 24.7. The highest BCUT2D eigenvalue weighted by Gasteiger charge is 2.32. The first-order valence-electron chi connectivity index (χ1n) is 21.7. The van der Waals surface area contributed by atoms with E-state index in [4.69, 9.17) is 17.2 Å². The maximum Gasteiger partial charge on any atom is 0.242 e. The van der Waals surface area contributed by atoms with Crippen molar-refractivity contribution in [3.8, 4) is 0 Å². The monoisotopic (exact) mass is 763 g/mol. The molecule has 2 rings (SSSR count). The molecule has 2 fully saturated rings. The standard InChI is InChI=1S/C41H78N8O5/c1-2-3-4-5-6-7-8-9-10-11-19-27-45-30-38(51)49(36-23-16-13-17-24-36)34-40(53)46(28-20-18-25-42)32-39(52)47(29-26-43)33-41(54)48(31-37(44)50)35-21-14-12-15-22-35/h35-36,45H,2-34,42-43H2,1H3,(H2,44,50). The van der Waals surface area contributed by atoms with E-state index < -0.39 is 11.8 Å². The molecule has 0 aliphatic heterocycles. The first kappa shape index (κ1) is 47.4. The van der Waals surface area contributed by atoms with Gasteiger partial charge in [0, 0.05) is 31.7 Å². The van der Waals surface area contributed by atoms with Crippen LogP contribution in [0.15, 0.2) is 0 Å². The number of amides is 5. The van der Waals surface area contributed by atoms with Crippen LogP contribution in [-0.4, -0.2) is 127 Å². The zero-order chi connectivity index (χ0) is 39.4. The Morgan fingerprint density at radius 1 is 0.519 bits per heavy atom. The molecule has 0 radical (unpaired) electrons. The van der Waals surface area contributed by atoms with Crippen LogP contribution in [0.3, 0.4) is 0 Å². The van der Waals surface area contributed by atoms with Crippen molar-refractivity contribution in [3.63, 3.8) is 0 Å². The number of primary amides is 1. The molecule has 0 spiro atoms. The van der Waals surface area contributed by atoms with Gasteiger partial charge in [0.05, 0.1) is 26.2 Å². The minimum Gasteiger partial charge on any atom is -0.368 e. The van der Waals surface area contributed by atoms with Crippen LogP contribution in [0.1, 0.15) is 155 Å². The van der Waals surface area contributed by atoms with E-state index in [1.165, 1.54) is 72.5 Å². The van der Waals surface area contributed by atoms with Crippen molar-refractivity contribution >= 4 is 29.5 Å². The predicted octanol–water partition coefficient (Wildman–Crippen LogP) is 4.05. The molecule has 0 saturated heterocycles. The largest absolute Gasteiger partial charge is 0.368 e. The first-order chi connectivity index (χ1) is 26.2. The summed E-state index contributed by atoms with van der Waals surface area (Å²) in [5.41, 5.74) is 17.2. The minimum atomic E-state index is -0.594. The van der Waals surface area contributed by atoms with E-state index in [2.05, 4.69) is 12.2 Å². The van der Waals surface area contributed by atoms with E-state index in [1.54, 1.807) is 4.90 Å². The fourth-order valence-corrected chi connectivity index (χ4v) is 7.96. The molecular formula is C41H78N8O5. The number of rotatable bonds is 30. The Morgan fingerprint density at radius 3 is 1.52 bits per heavy atom. The fraction of sp³-hybridized carbons (Fsp3) is 0.878. The van der Waals surface area contributed by atoms with Crippen LogP contribution >= 0.6 is 0 Å². The van der Waals surface area contributed by atoms with Crippen LogP contribution in [0.2, 0.25) is 0 Å². The van der Waals surface area contributed by atoms with E-state index in [-0.39, 0.29) is 75.6 Å². The van der Waals surface area contributed by atoms with E-state index >= 15 is 0 Å². The Hall–Kier alpha value is -2.77. The molecule has 0 aromatic heterocycles. The van der Waals surface area contributed by atoms with Crippen LogP contribution in [0.5, 0.6) is 0 Å². The number of carbonyl (C=O) groups is 5. The van der Waals surface area contributed by atoms with Gasteiger partial charge in [-0.2, -0.15) is 0 Å². The summed E-state index contributed by atoms with van der Waals surface area (Å²) in [5.74, 6) is -1.72. The topological polar surface area (TPSA) is 188 Å². The zero-order valence-electron chi connectivity index (χ0n) is 34.1. The molecule has 13 nitrogen and oxygen atoms in total. The van der Waals surface area contributed by atoms with Gasteiger partial charge in [-0.05, 0) is 58.0 Å². The second-order valence-corrected chi connectivity index (χ2v) is 15.7. The van der Waals surface area contributed by atoms with Gasteiger partial charge < -0.3 is 42.1 Å². The lowest BCUT2D eigenvalue weighted by Gasteiger charge is -2.36. The highest BCUT2D eigenvalue weighted by atomic mass is 16.2. The quantitative estimate of drug-likeness (QED) is 0.0789. The lowest BCUT2D eigenvalue weighted by molar-refractivity contribution is -0.148. The lowest BCUT2D eigenvalue weighted by Crippen LogP contribution is -2.54. The third kappa shape index (κ3) is 19.7. The van der Waals surface area contributed by atoms with Crippen molar-refractivity contribution in [2.24, 2.45) is 17.2 Å². The maximum atomic E-state index is 14.0. The van der Waals surface area contributed by atoms with Gasteiger partial charge in [0.2, 0.25) is 29.5 Å². The second kappa shape index (κ2) is 29.5. The summed E-state index contributed by atoms with van der Waals surface area (Å²) >= 11 is 0. The number of carbonyl (C=O) groups excluding carboxylic acids is 5. The molecule has 0 aromatic carbocycles. The number of hydrogen-bond donors (Lipinski definition) is 4. The summed E-state index contributed by atoms with van der Waals surface area (Å²) < 4.78 is 0. The smallest absolute Gasteiger partial charge is 0.242 e. The van der Waals surface area contributed by atoms with Crippen LogP contribution in [0.25, 0.3) is 0 Å². The van der Waals surface area contributed by atoms with E-state index in [0.29, 0.717) is 25.9 Å². The van der Waals surface area contributed by atoms with Crippen LogP contribution in [0, 0.1) is 0 Å². The molecule has 54 heavy (non-hydrogen) atoms.